The summed E-state index contributed by atoms with van der Waals surface area (Å²) in [7, 11) is -2.95. The lowest BCUT2D eigenvalue weighted by molar-refractivity contribution is 0.591. The Labute approximate surface area is 126 Å². The van der Waals surface area contributed by atoms with Crippen LogP contribution in [-0.2, 0) is 22.8 Å². The Hall–Kier alpha value is -1.33. The van der Waals surface area contributed by atoms with E-state index in [0.29, 0.717) is 6.54 Å². The molecule has 1 heterocycles. The second-order valence-electron chi connectivity index (χ2n) is 5.47. The van der Waals surface area contributed by atoms with Gasteiger partial charge in [-0.15, -0.1) is 0 Å². The molecule has 5 heteroatoms. The first kappa shape index (κ1) is 16.0. The van der Waals surface area contributed by atoms with Gasteiger partial charge in [0.15, 0.2) is 9.84 Å². The van der Waals surface area contributed by atoms with Gasteiger partial charge in [-0.05, 0) is 29.9 Å². The highest BCUT2D eigenvalue weighted by Crippen LogP contribution is 2.22. The molecule has 0 radical (unpaired) electrons. The van der Waals surface area contributed by atoms with Gasteiger partial charge in [-0.2, -0.15) is 0 Å². The summed E-state index contributed by atoms with van der Waals surface area (Å²) in [4.78, 5) is 0. The van der Waals surface area contributed by atoms with Gasteiger partial charge in [0.2, 0.25) is 0 Å². The van der Waals surface area contributed by atoms with Gasteiger partial charge < -0.3 is 10.3 Å². The normalized spacial score (nSPS) is 13.7. The monoisotopic (exact) mass is 308 g/mol. The van der Waals surface area contributed by atoms with E-state index >= 15 is 0 Å². The van der Waals surface area contributed by atoms with E-state index in [0.717, 1.165) is 23.7 Å². The Morgan fingerprint density at radius 1 is 1.24 bits per heavy atom. The number of aromatic nitrogens is 1. The van der Waals surface area contributed by atoms with Gasteiger partial charge in [0, 0.05) is 24.5 Å². The van der Waals surface area contributed by atoms with Crippen molar-refractivity contribution in [1.29, 1.82) is 0 Å². The fourth-order valence-electron chi connectivity index (χ4n) is 2.50. The smallest absolute Gasteiger partial charge is 0.151 e. The first-order chi connectivity index (χ1) is 9.96. The van der Waals surface area contributed by atoms with Crippen LogP contribution >= 0.6 is 0 Å². The highest BCUT2D eigenvalue weighted by molar-refractivity contribution is 7.91. The van der Waals surface area contributed by atoms with Crippen LogP contribution in [0.1, 0.15) is 25.8 Å². The highest BCUT2D eigenvalue weighted by Gasteiger charge is 2.12. The van der Waals surface area contributed by atoms with Crippen molar-refractivity contribution in [1.82, 2.24) is 4.57 Å². The van der Waals surface area contributed by atoms with Gasteiger partial charge in [0.05, 0.1) is 11.3 Å². The summed E-state index contributed by atoms with van der Waals surface area (Å²) >= 11 is 0. The minimum atomic E-state index is -2.95. The molecule has 116 valence electrons. The molecule has 0 aliphatic rings. The van der Waals surface area contributed by atoms with Crippen LogP contribution in [0.3, 0.4) is 0 Å². The fourth-order valence-corrected chi connectivity index (χ4v) is 3.26. The van der Waals surface area contributed by atoms with E-state index in [1.54, 1.807) is 6.92 Å². The second-order valence-corrected chi connectivity index (χ2v) is 7.95. The van der Waals surface area contributed by atoms with Gasteiger partial charge in [-0.3, -0.25) is 0 Å². The van der Waals surface area contributed by atoms with Crippen molar-refractivity contribution >= 4 is 20.7 Å². The van der Waals surface area contributed by atoms with E-state index < -0.39 is 9.84 Å². The zero-order valence-corrected chi connectivity index (χ0v) is 13.6. The quantitative estimate of drug-likeness (QED) is 0.854. The first-order valence-electron chi connectivity index (χ1n) is 7.49. The third-order valence-electron chi connectivity index (χ3n) is 3.96. The molecule has 1 atom stereocenters. The molecular formula is C16H24N2O2S. The number of nitrogens with two attached hydrogens (primary N) is 1. The largest absolute Gasteiger partial charge is 0.346 e. The molecular weight excluding hydrogens is 284 g/mol. The van der Waals surface area contributed by atoms with Crippen molar-refractivity contribution in [3.8, 4) is 0 Å². The highest BCUT2D eigenvalue weighted by atomic mass is 32.2. The topological polar surface area (TPSA) is 65.1 Å². The van der Waals surface area contributed by atoms with E-state index in [9.17, 15) is 8.42 Å². The number of rotatable bonds is 7. The van der Waals surface area contributed by atoms with Crippen LogP contribution in [-0.4, -0.2) is 30.5 Å². The van der Waals surface area contributed by atoms with E-state index in [2.05, 4.69) is 19.1 Å². The Kier molecular flexibility index (Phi) is 5.06. The molecule has 0 saturated heterocycles. The number of hydrogen-bond donors (Lipinski definition) is 1. The summed E-state index contributed by atoms with van der Waals surface area (Å²) in [5, 5.41) is 1.14. The molecule has 1 unspecified atom stereocenters. The van der Waals surface area contributed by atoms with Crippen molar-refractivity contribution in [3.63, 3.8) is 0 Å². The lowest BCUT2D eigenvalue weighted by Crippen LogP contribution is -2.22. The van der Waals surface area contributed by atoms with E-state index in [1.807, 2.05) is 22.9 Å². The zero-order valence-electron chi connectivity index (χ0n) is 12.7. The molecule has 1 aromatic carbocycles. The molecule has 0 aliphatic heterocycles. The lowest BCUT2D eigenvalue weighted by atomic mass is 10.0. The maximum atomic E-state index is 11.7. The standard InChI is InChI=1S/C16H24N2O2S/c1-3-15(17)12-14-7-5-6-13-8-9-18(16(13)14)10-11-21(19,20)4-2/h5-9,15H,3-4,10-12,17H2,1-2H3. The molecule has 0 bridgehead atoms. The SMILES string of the molecule is CCC(N)Cc1cccc2ccn(CCS(=O)(=O)CC)c12. The third-order valence-corrected chi connectivity index (χ3v) is 5.65. The third kappa shape index (κ3) is 3.86. The van der Waals surface area contributed by atoms with Crippen molar-refractivity contribution < 1.29 is 8.42 Å². The molecule has 0 fully saturated rings. The zero-order chi connectivity index (χ0) is 15.5. The maximum Gasteiger partial charge on any atom is 0.151 e. The number of para-hydroxylation sites is 1. The predicted molar refractivity (Wildman–Crippen MR) is 88.2 cm³/mol. The average molecular weight is 308 g/mol. The summed E-state index contributed by atoms with van der Waals surface area (Å²) < 4.78 is 25.5. The van der Waals surface area contributed by atoms with Crippen LogP contribution in [0.15, 0.2) is 30.5 Å². The molecule has 4 nitrogen and oxygen atoms in total. The summed E-state index contributed by atoms with van der Waals surface area (Å²) in [5.74, 6) is 0.376. The van der Waals surface area contributed by atoms with E-state index in [4.69, 9.17) is 5.73 Å². The van der Waals surface area contributed by atoms with Crippen molar-refractivity contribution in [3.05, 3.63) is 36.0 Å². The van der Waals surface area contributed by atoms with Crippen LogP contribution in [0.2, 0.25) is 0 Å². The number of fused-ring (bicyclic) bond motifs is 1. The molecule has 0 spiro atoms. The van der Waals surface area contributed by atoms with Crippen LogP contribution in [0.4, 0.5) is 0 Å². The van der Waals surface area contributed by atoms with Gasteiger partial charge in [-0.1, -0.05) is 32.0 Å². The van der Waals surface area contributed by atoms with Gasteiger partial charge >= 0.3 is 0 Å². The minimum absolute atomic E-state index is 0.137. The molecule has 2 rings (SSSR count). The summed E-state index contributed by atoms with van der Waals surface area (Å²) in [6.07, 6.45) is 3.72. The fraction of sp³-hybridized carbons (Fsp3) is 0.500. The predicted octanol–water partition coefficient (Wildman–Crippen LogP) is 2.36. The molecule has 0 saturated carbocycles. The van der Waals surface area contributed by atoms with Gasteiger partial charge in [-0.25, -0.2) is 8.42 Å². The Morgan fingerprint density at radius 3 is 2.67 bits per heavy atom. The molecule has 2 aromatic rings. The van der Waals surface area contributed by atoms with Crippen LogP contribution in [0.25, 0.3) is 10.9 Å². The van der Waals surface area contributed by atoms with Crippen molar-refractivity contribution in [2.75, 3.05) is 11.5 Å². The number of aryl methyl sites for hydroxylation is 1. The van der Waals surface area contributed by atoms with E-state index in [-0.39, 0.29) is 17.5 Å². The second kappa shape index (κ2) is 6.62. The maximum absolute atomic E-state index is 11.7. The Balaban J connectivity index is 2.32. The van der Waals surface area contributed by atoms with Crippen LogP contribution < -0.4 is 5.73 Å². The summed E-state index contributed by atoms with van der Waals surface area (Å²) in [6, 6.07) is 8.35. The number of benzene rings is 1. The Bertz CT molecular complexity index is 704. The molecule has 2 N–H and O–H groups in total. The average Bonchev–Trinajstić information content (AvgIpc) is 2.89. The first-order valence-corrected chi connectivity index (χ1v) is 9.31. The molecule has 0 aliphatic carbocycles. The minimum Gasteiger partial charge on any atom is -0.346 e. The van der Waals surface area contributed by atoms with Crippen LogP contribution in [0, 0.1) is 0 Å². The summed E-state index contributed by atoms with van der Waals surface area (Å²) in [6.45, 7) is 4.27. The van der Waals surface area contributed by atoms with Crippen molar-refractivity contribution in [2.45, 2.75) is 39.3 Å². The van der Waals surface area contributed by atoms with E-state index in [1.165, 1.54) is 5.56 Å². The molecule has 0 amide bonds. The summed E-state index contributed by atoms with van der Waals surface area (Å²) in [5.41, 5.74) is 8.39. The molecule has 21 heavy (non-hydrogen) atoms. The number of nitrogens with zero attached hydrogens (tertiary/aromatic N) is 1. The lowest BCUT2D eigenvalue weighted by Gasteiger charge is -2.13. The van der Waals surface area contributed by atoms with Gasteiger partial charge in [0.1, 0.15) is 0 Å². The number of sulfone groups is 1. The van der Waals surface area contributed by atoms with Gasteiger partial charge in [0.25, 0.3) is 0 Å². The molecule has 1 aromatic heterocycles. The van der Waals surface area contributed by atoms with Crippen molar-refractivity contribution in [2.24, 2.45) is 5.73 Å². The Morgan fingerprint density at radius 2 is 2.00 bits per heavy atom. The van der Waals surface area contributed by atoms with Crippen LogP contribution in [0.5, 0.6) is 0 Å². The number of hydrogen-bond acceptors (Lipinski definition) is 3.